The molecule has 0 saturated heterocycles. The number of anilines is 1. The van der Waals surface area contributed by atoms with E-state index in [0.29, 0.717) is 12.1 Å². The van der Waals surface area contributed by atoms with Crippen LogP contribution in [0.1, 0.15) is 20.3 Å². The third-order valence-electron chi connectivity index (χ3n) is 2.58. The second-order valence-corrected chi connectivity index (χ2v) is 5.48. The number of hydrogen-bond acceptors (Lipinski definition) is 4. The Morgan fingerprint density at radius 1 is 1.35 bits per heavy atom. The number of para-hydroxylation sites is 1. The molecule has 1 atom stereocenters. The Labute approximate surface area is 123 Å². The van der Waals surface area contributed by atoms with E-state index in [4.69, 9.17) is 5.73 Å². The second kappa shape index (κ2) is 8.60. The molecule has 0 spiro atoms. The van der Waals surface area contributed by atoms with Crippen LogP contribution in [0, 0.1) is 0 Å². The van der Waals surface area contributed by atoms with Crippen molar-refractivity contribution >= 4 is 29.3 Å². The quantitative estimate of drug-likeness (QED) is 0.636. The first-order chi connectivity index (χ1) is 9.52. The Morgan fingerprint density at radius 2 is 2.05 bits per heavy atom. The third kappa shape index (κ3) is 6.08. The number of carbonyl (C=O) groups is 2. The number of carbonyl (C=O) groups excluding carboxylic acids is 2. The van der Waals surface area contributed by atoms with Crippen molar-refractivity contribution in [3.63, 3.8) is 0 Å². The van der Waals surface area contributed by atoms with Crippen molar-refractivity contribution in [1.82, 2.24) is 5.32 Å². The standard InChI is InChI=1S/C14H21N3O2S/c1-3-16-10(2)8-14(19)17-11-6-4-5-7-12(11)20-9-13(15)18/h4-7,10,16H,3,8-9H2,1-2H3,(H2,15,18)(H,17,19). The van der Waals surface area contributed by atoms with Gasteiger partial charge in [-0.2, -0.15) is 0 Å². The summed E-state index contributed by atoms with van der Waals surface area (Å²) in [6.45, 7) is 4.81. The molecule has 4 N–H and O–H groups in total. The first-order valence-electron chi connectivity index (χ1n) is 6.56. The highest BCUT2D eigenvalue weighted by Crippen LogP contribution is 2.26. The molecule has 0 aliphatic carbocycles. The zero-order chi connectivity index (χ0) is 15.0. The molecule has 0 bridgehead atoms. The van der Waals surface area contributed by atoms with Crippen LogP contribution in [-0.4, -0.2) is 30.2 Å². The van der Waals surface area contributed by atoms with Crippen LogP contribution in [0.3, 0.4) is 0 Å². The van der Waals surface area contributed by atoms with Gasteiger partial charge in [0.25, 0.3) is 0 Å². The number of primary amides is 1. The normalized spacial score (nSPS) is 11.9. The SMILES string of the molecule is CCNC(C)CC(=O)Nc1ccccc1SCC(N)=O. The Bertz CT molecular complexity index is 465. The lowest BCUT2D eigenvalue weighted by Crippen LogP contribution is -2.30. The maximum absolute atomic E-state index is 11.9. The van der Waals surface area contributed by atoms with E-state index in [1.54, 1.807) is 0 Å². The van der Waals surface area contributed by atoms with Gasteiger partial charge in [-0.3, -0.25) is 9.59 Å². The van der Waals surface area contributed by atoms with Gasteiger partial charge >= 0.3 is 0 Å². The van der Waals surface area contributed by atoms with Gasteiger partial charge in [0.1, 0.15) is 0 Å². The molecule has 1 aromatic rings. The summed E-state index contributed by atoms with van der Waals surface area (Å²) < 4.78 is 0. The molecular weight excluding hydrogens is 274 g/mol. The van der Waals surface area contributed by atoms with E-state index in [9.17, 15) is 9.59 Å². The fraction of sp³-hybridized carbons (Fsp3) is 0.429. The molecule has 1 unspecified atom stereocenters. The molecule has 0 heterocycles. The summed E-state index contributed by atoms with van der Waals surface area (Å²) in [5.74, 6) is -0.233. The number of hydrogen-bond donors (Lipinski definition) is 3. The first kappa shape index (κ1) is 16.5. The van der Waals surface area contributed by atoms with Crippen LogP contribution < -0.4 is 16.4 Å². The highest BCUT2D eigenvalue weighted by molar-refractivity contribution is 8.00. The van der Waals surface area contributed by atoms with Crippen molar-refractivity contribution in [2.75, 3.05) is 17.6 Å². The number of benzene rings is 1. The highest BCUT2D eigenvalue weighted by Gasteiger charge is 2.11. The summed E-state index contributed by atoms with van der Waals surface area (Å²) >= 11 is 1.32. The van der Waals surface area contributed by atoms with Crippen LogP contribution in [0.4, 0.5) is 5.69 Å². The van der Waals surface area contributed by atoms with Crippen LogP contribution in [0.5, 0.6) is 0 Å². The maximum Gasteiger partial charge on any atom is 0.227 e. The van der Waals surface area contributed by atoms with Gasteiger partial charge in [0.05, 0.1) is 11.4 Å². The van der Waals surface area contributed by atoms with Crippen LogP contribution in [0.2, 0.25) is 0 Å². The second-order valence-electron chi connectivity index (χ2n) is 4.46. The summed E-state index contributed by atoms with van der Waals surface area (Å²) in [6.07, 6.45) is 0.405. The minimum atomic E-state index is -0.378. The molecule has 1 aromatic carbocycles. The Hall–Kier alpha value is -1.53. The summed E-state index contributed by atoms with van der Waals surface area (Å²) in [7, 11) is 0. The fourth-order valence-electron chi connectivity index (χ4n) is 1.74. The topological polar surface area (TPSA) is 84.2 Å². The maximum atomic E-state index is 11.9. The Morgan fingerprint density at radius 3 is 2.70 bits per heavy atom. The van der Waals surface area contributed by atoms with Crippen molar-refractivity contribution in [2.45, 2.75) is 31.2 Å². The molecule has 0 fully saturated rings. The van der Waals surface area contributed by atoms with Gasteiger partial charge < -0.3 is 16.4 Å². The zero-order valence-electron chi connectivity index (χ0n) is 11.8. The van der Waals surface area contributed by atoms with Crippen molar-refractivity contribution in [1.29, 1.82) is 0 Å². The predicted octanol–water partition coefficient (Wildman–Crippen LogP) is 1.59. The van der Waals surface area contributed by atoms with Gasteiger partial charge in [-0.25, -0.2) is 0 Å². The molecule has 20 heavy (non-hydrogen) atoms. The lowest BCUT2D eigenvalue weighted by atomic mass is 10.2. The van der Waals surface area contributed by atoms with Crippen LogP contribution in [-0.2, 0) is 9.59 Å². The van der Waals surface area contributed by atoms with E-state index in [1.807, 2.05) is 38.1 Å². The lowest BCUT2D eigenvalue weighted by Gasteiger charge is -2.14. The first-order valence-corrected chi connectivity index (χ1v) is 7.54. The van der Waals surface area contributed by atoms with Crippen LogP contribution in [0.25, 0.3) is 0 Å². The number of nitrogens with two attached hydrogens (primary N) is 1. The minimum Gasteiger partial charge on any atom is -0.369 e. The van der Waals surface area contributed by atoms with E-state index < -0.39 is 0 Å². The average Bonchev–Trinajstić information content (AvgIpc) is 2.37. The number of thioether (sulfide) groups is 1. The molecule has 110 valence electrons. The van der Waals surface area contributed by atoms with Crippen molar-refractivity contribution in [3.8, 4) is 0 Å². The fourth-order valence-corrected chi connectivity index (χ4v) is 2.49. The van der Waals surface area contributed by atoms with Gasteiger partial charge in [0.2, 0.25) is 11.8 Å². The van der Waals surface area contributed by atoms with Crippen molar-refractivity contribution < 1.29 is 9.59 Å². The molecule has 1 rings (SSSR count). The van der Waals surface area contributed by atoms with Crippen LogP contribution >= 0.6 is 11.8 Å². The van der Waals surface area contributed by atoms with Crippen molar-refractivity contribution in [2.24, 2.45) is 5.73 Å². The third-order valence-corrected chi connectivity index (χ3v) is 3.67. The number of nitrogens with one attached hydrogen (secondary N) is 2. The van der Waals surface area contributed by atoms with E-state index in [-0.39, 0.29) is 23.6 Å². The van der Waals surface area contributed by atoms with Gasteiger partial charge in [-0.15, -0.1) is 11.8 Å². The van der Waals surface area contributed by atoms with Gasteiger partial charge in [0, 0.05) is 17.4 Å². The molecule has 0 aliphatic rings. The molecule has 0 saturated carbocycles. The Balaban J connectivity index is 2.62. The monoisotopic (exact) mass is 295 g/mol. The largest absolute Gasteiger partial charge is 0.369 e. The smallest absolute Gasteiger partial charge is 0.227 e. The van der Waals surface area contributed by atoms with E-state index >= 15 is 0 Å². The van der Waals surface area contributed by atoms with E-state index in [0.717, 1.165) is 11.4 Å². The molecule has 0 radical (unpaired) electrons. The average molecular weight is 295 g/mol. The van der Waals surface area contributed by atoms with Crippen LogP contribution in [0.15, 0.2) is 29.2 Å². The van der Waals surface area contributed by atoms with E-state index in [2.05, 4.69) is 10.6 Å². The predicted molar refractivity (Wildman–Crippen MR) is 82.7 cm³/mol. The summed E-state index contributed by atoms with van der Waals surface area (Å²) in [6, 6.07) is 7.51. The molecule has 0 aliphatic heterocycles. The molecular formula is C14H21N3O2S. The number of amides is 2. The Kier molecular flexibility index (Phi) is 7.11. The van der Waals surface area contributed by atoms with Gasteiger partial charge in [0.15, 0.2) is 0 Å². The molecule has 5 nitrogen and oxygen atoms in total. The molecule has 0 aromatic heterocycles. The summed E-state index contributed by atoms with van der Waals surface area (Å²) in [4.78, 5) is 23.6. The molecule has 2 amide bonds. The summed E-state index contributed by atoms with van der Waals surface area (Å²) in [5.41, 5.74) is 5.85. The van der Waals surface area contributed by atoms with Gasteiger partial charge in [-0.05, 0) is 25.6 Å². The lowest BCUT2D eigenvalue weighted by molar-refractivity contribution is -0.117. The zero-order valence-corrected chi connectivity index (χ0v) is 12.6. The summed E-state index contributed by atoms with van der Waals surface area (Å²) in [5, 5.41) is 6.06. The van der Waals surface area contributed by atoms with E-state index in [1.165, 1.54) is 11.8 Å². The highest BCUT2D eigenvalue weighted by atomic mass is 32.2. The molecule has 6 heteroatoms. The number of rotatable bonds is 8. The minimum absolute atomic E-state index is 0.0504. The van der Waals surface area contributed by atoms with Gasteiger partial charge in [-0.1, -0.05) is 19.1 Å². The van der Waals surface area contributed by atoms with Crippen molar-refractivity contribution in [3.05, 3.63) is 24.3 Å².